The maximum atomic E-state index is 13.3. The molecule has 0 radical (unpaired) electrons. The second kappa shape index (κ2) is 11.2. The Morgan fingerprint density at radius 2 is 1.68 bits per heavy atom. The monoisotopic (exact) mass is 538 g/mol. The third-order valence-corrected chi connectivity index (χ3v) is 7.96. The zero-order valence-corrected chi connectivity index (χ0v) is 22.2. The lowest BCUT2D eigenvalue weighted by Gasteiger charge is -2.25. The topological polar surface area (TPSA) is 93.5 Å². The van der Waals surface area contributed by atoms with Crippen molar-refractivity contribution in [2.45, 2.75) is 24.8 Å². The summed E-state index contributed by atoms with van der Waals surface area (Å²) in [5.41, 5.74) is 2.26. The van der Waals surface area contributed by atoms with Crippen molar-refractivity contribution >= 4 is 33.5 Å². The summed E-state index contributed by atoms with van der Waals surface area (Å²) in [7, 11) is -2.34. The second-order valence-electron chi connectivity index (χ2n) is 8.53. The van der Waals surface area contributed by atoms with Gasteiger partial charge < -0.3 is 4.74 Å². The molecule has 0 atom stereocenters. The number of hydrogen-bond donors (Lipinski definition) is 1. The SMILES string of the molecule is COc1ccc(-c2cn(-c3ccccc3)c(NC(=O)CN(C(C)C)S(=O)(=O)c3ccc(Cl)cc3)n2)cc1. The number of sulfonamides is 1. The van der Waals surface area contributed by atoms with Crippen LogP contribution in [0.3, 0.4) is 0 Å². The van der Waals surface area contributed by atoms with Crippen molar-refractivity contribution in [2.75, 3.05) is 19.0 Å². The molecule has 0 aliphatic carbocycles. The molecule has 10 heteroatoms. The highest BCUT2D eigenvalue weighted by atomic mass is 35.5. The molecule has 192 valence electrons. The van der Waals surface area contributed by atoms with Crippen molar-refractivity contribution < 1.29 is 17.9 Å². The maximum absolute atomic E-state index is 13.3. The molecule has 0 fully saturated rings. The van der Waals surface area contributed by atoms with Gasteiger partial charge in [0.05, 0.1) is 24.2 Å². The number of para-hydroxylation sites is 1. The predicted molar refractivity (Wildman–Crippen MR) is 145 cm³/mol. The lowest BCUT2D eigenvalue weighted by molar-refractivity contribution is -0.116. The Bertz CT molecular complexity index is 1470. The van der Waals surface area contributed by atoms with Crippen LogP contribution in [0, 0.1) is 0 Å². The number of halogens is 1. The lowest BCUT2D eigenvalue weighted by Crippen LogP contribution is -2.42. The fraction of sp³-hybridized carbons (Fsp3) is 0.185. The van der Waals surface area contributed by atoms with Gasteiger partial charge >= 0.3 is 0 Å². The van der Waals surface area contributed by atoms with E-state index in [-0.39, 0.29) is 17.4 Å². The third-order valence-electron chi connectivity index (χ3n) is 5.67. The van der Waals surface area contributed by atoms with Gasteiger partial charge in [0, 0.05) is 28.5 Å². The van der Waals surface area contributed by atoms with Crippen LogP contribution in [-0.4, -0.2) is 47.9 Å². The summed E-state index contributed by atoms with van der Waals surface area (Å²) < 4.78 is 34.7. The molecule has 1 N–H and O–H groups in total. The van der Waals surface area contributed by atoms with E-state index in [1.54, 1.807) is 25.5 Å². The van der Waals surface area contributed by atoms with Crippen LogP contribution in [0.25, 0.3) is 16.9 Å². The summed E-state index contributed by atoms with van der Waals surface area (Å²) in [6.45, 7) is 3.04. The number of nitrogens with zero attached hydrogens (tertiary/aromatic N) is 3. The van der Waals surface area contributed by atoms with Crippen LogP contribution in [0.5, 0.6) is 5.75 Å². The van der Waals surface area contributed by atoms with Crippen molar-refractivity contribution in [3.05, 3.63) is 90.1 Å². The van der Waals surface area contributed by atoms with Crippen molar-refractivity contribution in [3.8, 4) is 22.7 Å². The number of aromatic nitrogens is 2. The molecular formula is C27H27ClN4O4S. The molecule has 1 amide bonds. The van der Waals surface area contributed by atoms with Crippen LogP contribution in [0.2, 0.25) is 5.02 Å². The predicted octanol–water partition coefficient (Wildman–Crippen LogP) is 5.24. The van der Waals surface area contributed by atoms with Gasteiger partial charge in [0.1, 0.15) is 5.75 Å². The molecule has 0 aliphatic rings. The standard InChI is InChI=1S/C27H27ClN4O4S/c1-19(2)32(37(34,35)24-15-11-21(28)12-16-24)18-26(33)30-27-29-25(20-9-13-23(36-3)14-10-20)17-31(27)22-7-5-4-6-8-22/h4-17,19H,18H2,1-3H3,(H,29,30,33). The van der Waals surface area contributed by atoms with Gasteiger partial charge in [0.25, 0.3) is 0 Å². The van der Waals surface area contributed by atoms with Crippen molar-refractivity contribution in [2.24, 2.45) is 0 Å². The van der Waals surface area contributed by atoms with E-state index >= 15 is 0 Å². The molecule has 0 saturated heterocycles. The van der Waals surface area contributed by atoms with Crippen LogP contribution in [0.1, 0.15) is 13.8 Å². The summed E-state index contributed by atoms with van der Waals surface area (Å²) in [4.78, 5) is 17.9. The van der Waals surface area contributed by atoms with Gasteiger partial charge in [-0.15, -0.1) is 0 Å². The normalized spacial score (nSPS) is 11.6. The van der Waals surface area contributed by atoms with Gasteiger partial charge in [0.15, 0.2) is 0 Å². The summed E-state index contributed by atoms with van der Waals surface area (Å²) in [5.74, 6) is 0.473. The number of carbonyl (C=O) groups excluding carboxylic acids is 1. The van der Waals surface area contributed by atoms with Crippen molar-refractivity contribution in [1.82, 2.24) is 13.9 Å². The molecule has 4 aromatic rings. The quantitative estimate of drug-likeness (QED) is 0.314. The fourth-order valence-electron chi connectivity index (χ4n) is 3.75. The molecule has 0 spiro atoms. The highest BCUT2D eigenvalue weighted by molar-refractivity contribution is 7.89. The number of imidazole rings is 1. The number of hydrogen-bond acceptors (Lipinski definition) is 5. The highest BCUT2D eigenvalue weighted by Gasteiger charge is 2.29. The van der Waals surface area contributed by atoms with Crippen molar-refractivity contribution in [1.29, 1.82) is 0 Å². The Morgan fingerprint density at radius 1 is 1.03 bits per heavy atom. The zero-order chi connectivity index (χ0) is 26.6. The van der Waals surface area contributed by atoms with Gasteiger partial charge in [-0.3, -0.25) is 14.7 Å². The number of amides is 1. The fourth-order valence-corrected chi connectivity index (χ4v) is 5.47. The molecular weight excluding hydrogens is 512 g/mol. The zero-order valence-electron chi connectivity index (χ0n) is 20.6. The molecule has 4 rings (SSSR count). The number of carbonyl (C=O) groups is 1. The van der Waals surface area contributed by atoms with Gasteiger partial charge in [-0.05, 0) is 74.5 Å². The van der Waals surface area contributed by atoms with Crippen LogP contribution >= 0.6 is 11.6 Å². The van der Waals surface area contributed by atoms with Gasteiger partial charge in [-0.1, -0.05) is 29.8 Å². The molecule has 37 heavy (non-hydrogen) atoms. The Morgan fingerprint density at radius 3 is 2.27 bits per heavy atom. The van der Waals surface area contributed by atoms with Crippen LogP contribution in [0.4, 0.5) is 5.95 Å². The molecule has 1 heterocycles. The summed E-state index contributed by atoms with van der Waals surface area (Å²) in [5, 5.41) is 3.23. The summed E-state index contributed by atoms with van der Waals surface area (Å²) in [6, 6.07) is 22.2. The number of ether oxygens (including phenoxy) is 1. The minimum Gasteiger partial charge on any atom is -0.497 e. The largest absolute Gasteiger partial charge is 0.497 e. The number of methoxy groups -OCH3 is 1. The minimum absolute atomic E-state index is 0.0611. The van der Waals surface area contributed by atoms with E-state index in [9.17, 15) is 13.2 Å². The molecule has 0 saturated carbocycles. The number of nitrogens with one attached hydrogen (secondary N) is 1. The Labute approximate surface area is 221 Å². The van der Waals surface area contributed by atoms with Gasteiger partial charge in [0.2, 0.25) is 21.9 Å². The molecule has 1 aromatic heterocycles. The lowest BCUT2D eigenvalue weighted by atomic mass is 10.1. The first-order valence-corrected chi connectivity index (χ1v) is 13.4. The first-order valence-electron chi connectivity index (χ1n) is 11.6. The Balaban J connectivity index is 1.63. The number of benzene rings is 3. The summed E-state index contributed by atoms with van der Waals surface area (Å²) >= 11 is 5.92. The Hall–Kier alpha value is -3.66. The smallest absolute Gasteiger partial charge is 0.243 e. The molecule has 0 aliphatic heterocycles. The van der Waals surface area contributed by atoms with Gasteiger partial charge in [-0.25, -0.2) is 13.4 Å². The van der Waals surface area contributed by atoms with Crippen LogP contribution in [-0.2, 0) is 14.8 Å². The van der Waals surface area contributed by atoms with E-state index < -0.39 is 22.0 Å². The molecule has 8 nitrogen and oxygen atoms in total. The Kier molecular flexibility index (Phi) is 7.97. The highest BCUT2D eigenvalue weighted by Crippen LogP contribution is 2.26. The molecule has 0 unspecified atom stereocenters. The second-order valence-corrected chi connectivity index (χ2v) is 10.9. The minimum atomic E-state index is -3.94. The van der Waals surface area contributed by atoms with Crippen LogP contribution in [0.15, 0.2) is 90.0 Å². The first-order chi connectivity index (χ1) is 17.7. The van der Waals surface area contributed by atoms with Crippen LogP contribution < -0.4 is 10.1 Å². The number of rotatable bonds is 9. The summed E-state index contributed by atoms with van der Waals surface area (Å²) in [6.07, 6.45) is 1.82. The van der Waals surface area contributed by atoms with Gasteiger partial charge in [-0.2, -0.15) is 4.31 Å². The number of anilines is 1. The molecule has 3 aromatic carbocycles. The average Bonchev–Trinajstić information content (AvgIpc) is 3.31. The molecule has 0 bridgehead atoms. The third kappa shape index (κ3) is 6.02. The van der Waals surface area contributed by atoms with E-state index in [1.807, 2.05) is 60.8 Å². The van der Waals surface area contributed by atoms with E-state index in [0.29, 0.717) is 10.7 Å². The van der Waals surface area contributed by atoms with Crippen molar-refractivity contribution in [3.63, 3.8) is 0 Å². The van der Waals surface area contributed by atoms with E-state index in [4.69, 9.17) is 16.3 Å². The van der Waals surface area contributed by atoms with E-state index in [1.165, 1.54) is 24.3 Å². The average molecular weight is 539 g/mol. The van der Waals surface area contributed by atoms with E-state index in [2.05, 4.69) is 10.3 Å². The van der Waals surface area contributed by atoms with E-state index in [0.717, 1.165) is 21.3 Å². The first kappa shape index (κ1) is 26.4. The maximum Gasteiger partial charge on any atom is 0.243 e.